The van der Waals surface area contributed by atoms with Crippen LogP contribution in [0.1, 0.15) is 33.6 Å². The molecule has 2 atom stereocenters. The van der Waals surface area contributed by atoms with E-state index >= 15 is 0 Å². The Balaban J connectivity index is 2.61. The highest BCUT2D eigenvalue weighted by Crippen LogP contribution is 2.23. The lowest BCUT2D eigenvalue weighted by atomic mass is 10.2. The third-order valence-corrected chi connectivity index (χ3v) is 3.50. The molecule has 0 saturated carbocycles. The van der Waals surface area contributed by atoms with Crippen molar-refractivity contribution in [1.82, 2.24) is 5.32 Å². The van der Waals surface area contributed by atoms with Gasteiger partial charge in [0.15, 0.2) is 0 Å². The van der Waals surface area contributed by atoms with Gasteiger partial charge in [-0.1, -0.05) is 13.3 Å². The maximum atomic E-state index is 13.1. The first-order valence-electron chi connectivity index (χ1n) is 6.46. The van der Waals surface area contributed by atoms with Crippen molar-refractivity contribution in [2.45, 2.75) is 45.7 Å². The van der Waals surface area contributed by atoms with Crippen LogP contribution in [0.3, 0.4) is 0 Å². The van der Waals surface area contributed by atoms with Gasteiger partial charge in [0, 0.05) is 10.5 Å². The minimum absolute atomic E-state index is 0.0860. The average Bonchev–Trinajstić information content (AvgIpc) is 2.34. The summed E-state index contributed by atoms with van der Waals surface area (Å²) in [5.74, 6) is -0.422. The van der Waals surface area contributed by atoms with Crippen molar-refractivity contribution >= 4 is 27.5 Å². The summed E-state index contributed by atoms with van der Waals surface area (Å²) in [5.41, 5.74) is 0.575. The molecular formula is C14H20BrFN2O. The van der Waals surface area contributed by atoms with E-state index in [1.165, 1.54) is 12.1 Å². The molecule has 2 unspecified atom stereocenters. The molecule has 5 heteroatoms. The van der Waals surface area contributed by atoms with Crippen LogP contribution in [0.15, 0.2) is 22.7 Å². The number of nitrogens with one attached hydrogen (secondary N) is 2. The van der Waals surface area contributed by atoms with Gasteiger partial charge in [0.05, 0.1) is 5.69 Å². The fourth-order valence-corrected chi connectivity index (χ4v) is 2.14. The SMILES string of the molecule is CCCC(C)NC(=O)C(C)Nc1cc(F)ccc1Br. The number of carbonyl (C=O) groups is 1. The highest BCUT2D eigenvalue weighted by molar-refractivity contribution is 9.10. The number of hydrogen-bond donors (Lipinski definition) is 2. The van der Waals surface area contributed by atoms with E-state index in [1.807, 2.05) is 6.92 Å². The molecule has 0 bridgehead atoms. The number of rotatable bonds is 6. The van der Waals surface area contributed by atoms with E-state index in [9.17, 15) is 9.18 Å². The van der Waals surface area contributed by atoms with Crippen LogP contribution in [0.5, 0.6) is 0 Å². The second-order valence-corrected chi connectivity index (χ2v) is 5.54. The van der Waals surface area contributed by atoms with Gasteiger partial charge in [-0.05, 0) is 54.4 Å². The molecule has 0 heterocycles. The third kappa shape index (κ3) is 5.19. The molecule has 1 rings (SSSR count). The molecule has 1 amide bonds. The molecule has 3 nitrogen and oxygen atoms in total. The Bertz CT molecular complexity index is 439. The lowest BCUT2D eigenvalue weighted by Crippen LogP contribution is -2.42. The Morgan fingerprint density at radius 1 is 1.42 bits per heavy atom. The Labute approximate surface area is 122 Å². The van der Waals surface area contributed by atoms with E-state index in [4.69, 9.17) is 0 Å². The fraction of sp³-hybridized carbons (Fsp3) is 0.500. The van der Waals surface area contributed by atoms with Gasteiger partial charge >= 0.3 is 0 Å². The minimum atomic E-state index is -0.419. The van der Waals surface area contributed by atoms with Crippen LogP contribution in [-0.4, -0.2) is 18.0 Å². The summed E-state index contributed by atoms with van der Waals surface area (Å²) in [5, 5.41) is 5.92. The summed E-state index contributed by atoms with van der Waals surface area (Å²) in [6.07, 6.45) is 1.97. The van der Waals surface area contributed by atoms with Gasteiger partial charge in [-0.25, -0.2) is 4.39 Å². The van der Waals surface area contributed by atoms with Crippen molar-refractivity contribution in [1.29, 1.82) is 0 Å². The number of carbonyl (C=O) groups excluding carboxylic acids is 1. The summed E-state index contributed by atoms with van der Waals surface area (Å²) in [6, 6.07) is 4.07. The summed E-state index contributed by atoms with van der Waals surface area (Å²) in [6.45, 7) is 5.81. The maximum absolute atomic E-state index is 13.1. The highest BCUT2D eigenvalue weighted by Gasteiger charge is 2.15. The molecule has 106 valence electrons. The van der Waals surface area contributed by atoms with Crippen molar-refractivity contribution in [3.05, 3.63) is 28.5 Å². The number of anilines is 1. The van der Waals surface area contributed by atoms with Crippen LogP contribution < -0.4 is 10.6 Å². The van der Waals surface area contributed by atoms with E-state index in [0.29, 0.717) is 5.69 Å². The lowest BCUT2D eigenvalue weighted by Gasteiger charge is -2.19. The molecule has 1 aromatic rings. The number of benzene rings is 1. The van der Waals surface area contributed by atoms with Crippen molar-refractivity contribution in [3.8, 4) is 0 Å². The second-order valence-electron chi connectivity index (χ2n) is 4.69. The first-order chi connectivity index (χ1) is 8.93. The normalized spacial score (nSPS) is 13.7. The fourth-order valence-electron chi connectivity index (χ4n) is 1.78. The summed E-state index contributed by atoms with van der Waals surface area (Å²) >= 11 is 3.32. The van der Waals surface area contributed by atoms with E-state index in [0.717, 1.165) is 17.3 Å². The van der Waals surface area contributed by atoms with Gasteiger partial charge in [-0.15, -0.1) is 0 Å². The van der Waals surface area contributed by atoms with Crippen LogP contribution >= 0.6 is 15.9 Å². The van der Waals surface area contributed by atoms with Gasteiger partial charge in [-0.3, -0.25) is 4.79 Å². The highest BCUT2D eigenvalue weighted by atomic mass is 79.9. The Morgan fingerprint density at radius 3 is 2.74 bits per heavy atom. The van der Waals surface area contributed by atoms with E-state index < -0.39 is 6.04 Å². The predicted octanol–water partition coefficient (Wildman–Crippen LogP) is 3.69. The van der Waals surface area contributed by atoms with Gasteiger partial charge in [0.25, 0.3) is 0 Å². The van der Waals surface area contributed by atoms with Crippen molar-refractivity contribution in [2.24, 2.45) is 0 Å². The molecule has 1 aromatic carbocycles. The van der Waals surface area contributed by atoms with Gasteiger partial charge in [-0.2, -0.15) is 0 Å². The van der Waals surface area contributed by atoms with Gasteiger partial charge in [0.2, 0.25) is 5.91 Å². The monoisotopic (exact) mass is 330 g/mol. The predicted molar refractivity (Wildman–Crippen MR) is 79.7 cm³/mol. The molecule has 0 aromatic heterocycles. The zero-order chi connectivity index (χ0) is 14.4. The van der Waals surface area contributed by atoms with Gasteiger partial charge in [0.1, 0.15) is 11.9 Å². The molecule has 19 heavy (non-hydrogen) atoms. The Hall–Kier alpha value is -1.10. The molecule has 0 spiro atoms. The van der Waals surface area contributed by atoms with E-state index in [-0.39, 0.29) is 17.8 Å². The second kappa shape index (κ2) is 7.48. The Morgan fingerprint density at radius 2 is 2.11 bits per heavy atom. The summed E-state index contributed by atoms with van der Waals surface area (Å²) in [4.78, 5) is 11.9. The van der Waals surface area contributed by atoms with Crippen LogP contribution in [-0.2, 0) is 4.79 Å². The molecule has 0 aliphatic carbocycles. The quantitative estimate of drug-likeness (QED) is 0.835. The van der Waals surface area contributed by atoms with Crippen molar-refractivity contribution < 1.29 is 9.18 Å². The number of hydrogen-bond acceptors (Lipinski definition) is 2. The zero-order valence-corrected chi connectivity index (χ0v) is 13.1. The first kappa shape index (κ1) is 16.0. The van der Waals surface area contributed by atoms with E-state index in [1.54, 1.807) is 13.0 Å². The number of halogens is 2. The molecule has 0 saturated heterocycles. The van der Waals surface area contributed by atoms with Crippen LogP contribution in [0.25, 0.3) is 0 Å². The first-order valence-corrected chi connectivity index (χ1v) is 7.25. The molecule has 0 aliphatic heterocycles. The number of amides is 1. The summed E-state index contributed by atoms with van der Waals surface area (Å²) in [7, 11) is 0. The van der Waals surface area contributed by atoms with Crippen LogP contribution in [0.2, 0.25) is 0 Å². The standard InChI is InChI=1S/C14H20BrFN2O/c1-4-5-9(2)17-14(19)10(3)18-13-8-11(16)6-7-12(13)15/h6-10,18H,4-5H2,1-3H3,(H,17,19). The maximum Gasteiger partial charge on any atom is 0.242 e. The minimum Gasteiger partial charge on any atom is -0.373 e. The Kier molecular flexibility index (Phi) is 6.28. The molecule has 0 fully saturated rings. The molecule has 0 radical (unpaired) electrons. The van der Waals surface area contributed by atoms with Crippen molar-refractivity contribution in [2.75, 3.05) is 5.32 Å². The topological polar surface area (TPSA) is 41.1 Å². The molecular weight excluding hydrogens is 311 g/mol. The molecule has 2 N–H and O–H groups in total. The lowest BCUT2D eigenvalue weighted by molar-refractivity contribution is -0.122. The largest absolute Gasteiger partial charge is 0.373 e. The molecule has 0 aliphatic rings. The van der Waals surface area contributed by atoms with E-state index in [2.05, 4.69) is 33.5 Å². The zero-order valence-electron chi connectivity index (χ0n) is 11.5. The van der Waals surface area contributed by atoms with Crippen molar-refractivity contribution in [3.63, 3.8) is 0 Å². The smallest absolute Gasteiger partial charge is 0.242 e. The summed E-state index contributed by atoms with van der Waals surface area (Å²) < 4.78 is 13.9. The van der Waals surface area contributed by atoms with Crippen LogP contribution in [0, 0.1) is 5.82 Å². The van der Waals surface area contributed by atoms with Gasteiger partial charge < -0.3 is 10.6 Å². The van der Waals surface area contributed by atoms with Crippen LogP contribution in [0.4, 0.5) is 10.1 Å². The average molecular weight is 331 g/mol. The third-order valence-electron chi connectivity index (χ3n) is 2.80.